The highest BCUT2D eigenvalue weighted by Gasteiger charge is 2.13. The minimum atomic E-state index is -0.642. The molecule has 0 bridgehead atoms. The summed E-state index contributed by atoms with van der Waals surface area (Å²) in [6, 6.07) is 6.52. The second-order valence-electron chi connectivity index (χ2n) is 6.66. The molecule has 0 saturated carbocycles. The molecule has 2 amide bonds. The average Bonchev–Trinajstić information content (AvgIpc) is 2.87. The van der Waals surface area contributed by atoms with Crippen LogP contribution in [0.3, 0.4) is 0 Å². The summed E-state index contributed by atoms with van der Waals surface area (Å²) in [5.74, 6) is 1.52. The molecule has 2 N–H and O–H groups in total. The second-order valence-corrected chi connectivity index (χ2v) is 6.66. The first kappa shape index (κ1) is 26.8. The predicted octanol–water partition coefficient (Wildman–Crippen LogP) is 1.73. The molecular weight excluding hydrogens is 460 g/mol. The van der Waals surface area contributed by atoms with Crippen LogP contribution in [-0.2, 0) is 9.59 Å². The number of hydrogen-bond acceptors (Lipinski definition) is 10. The van der Waals surface area contributed by atoms with E-state index in [0.717, 1.165) is 0 Å². The SMILES string of the molecule is COc1cc(OC)c(OC)cc1/C=N/NC(=O)CC(=O)N/N=C/c1cc(OC)c(OC)cc1OC. The van der Waals surface area contributed by atoms with Gasteiger partial charge < -0.3 is 28.4 Å². The van der Waals surface area contributed by atoms with Crippen LogP contribution in [0, 0.1) is 0 Å². The van der Waals surface area contributed by atoms with E-state index in [4.69, 9.17) is 28.4 Å². The summed E-state index contributed by atoms with van der Waals surface area (Å²) in [6.07, 6.45) is 2.22. The van der Waals surface area contributed by atoms with Crippen molar-refractivity contribution in [2.45, 2.75) is 6.42 Å². The highest BCUT2D eigenvalue weighted by Crippen LogP contribution is 2.34. The number of nitrogens with zero attached hydrogens (tertiary/aromatic N) is 2. The molecule has 2 rings (SSSR count). The third kappa shape index (κ3) is 7.25. The Balaban J connectivity index is 1.97. The van der Waals surface area contributed by atoms with Gasteiger partial charge >= 0.3 is 0 Å². The van der Waals surface area contributed by atoms with Crippen LogP contribution in [-0.4, -0.2) is 66.9 Å². The largest absolute Gasteiger partial charge is 0.496 e. The van der Waals surface area contributed by atoms with Gasteiger partial charge in [-0.25, -0.2) is 10.9 Å². The molecule has 0 aliphatic rings. The van der Waals surface area contributed by atoms with E-state index in [1.807, 2.05) is 0 Å². The Morgan fingerprint density at radius 1 is 0.600 bits per heavy atom. The van der Waals surface area contributed by atoms with Gasteiger partial charge in [0.05, 0.1) is 55.1 Å². The van der Waals surface area contributed by atoms with Gasteiger partial charge in [-0.1, -0.05) is 0 Å². The molecule has 0 aromatic heterocycles. The first-order chi connectivity index (χ1) is 16.9. The fourth-order valence-corrected chi connectivity index (χ4v) is 2.88. The summed E-state index contributed by atoms with van der Waals surface area (Å²) < 4.78 is 31.5. The molecule has 188 valence electrons. The number of methoxy groups -OCH3 is 6. The number of hydrogen-bond donors (Lipinski definition) is 2. The topological polar surface area (TPSA) is 138 Å². The summed E-state index contributed by atoms with van der Waals surface area (Å²) in [5.41, 5.74) is 5.61. The van der Waals surface area contributed by atoms with Crippen molar-refractivity contribution < 1.29 is 38.0 Å². The Bertz CT molecular complexity index is 1020. The third-order valence-electron chi connectivity index (χ3n) is 4.58. The molecule has 0 spiro atoms. The normalized spacial score (nSPS) is 10.7. The van der Waals surface area contributed by atoms with E-state index in [1.165, 1.54) is 55.1 Å². The monoisotopic (exact) mass is 488 g/mol. The summed E-state index contributed by atoms with van der Waals surface area (Å²) in [6.45, 7) is 0. The lowest BCUT2D eigenvalue weighted by Gasteiger charge is -2.11. The fourth-order valence-electron chi connectivity index (χ4n) is 2.88. The van der Waals surface area contributed by atoms with E-state index in [2.05, 4.69) is 21.1 Å². The van der Waals surface area contributed by atoms with Crippen molar-refractivity contribution in [2.24, 2.45) is 10.2 Å². The van der Waals surface area contributed by atoms with Crippen molar-refractivity contribution in [3.63, 3.8) is 0 Å². The lowest BCUT2D eigenvalue weighted by Crippen LogP contribution is -2.27. The summed E-state index contributed by atoms with van der Waals surface area (Å²) >= 11 is 0. The maximum Gasteiger partial charge on any atom is 0.249 e. The number of benzene rings is 2. The second kappa shape index (κ2) is 13.3. The van der Waals surface area contributed by atoms with Crippen LogP contribution in [0.15, 0.2) is 34.5 Å². The van der Waals surface area contributed by atoms with E-state index in [1.54, 1.807) is 24.3 Å². The summed E-state index contributed by atoms with van der Waals surface area (Å²) in [5, 5.41) is 7.72. The molecule has 0 fully saturated rings. The summed E-state index contributed by atoms with van der Waals surface area (Å²) in [7, 11) is 8.97. The van der Waals surface area contributed by atoms with E-state index in [0.29, 0.717) is 45.6 Å². The van der Waals surface area contributed by atoms with E-state index < -0.39 is 18.2 Å². The van der Waals surface area contributed by atoms with Gasteiger partial charge in [0, 0.05) is 23.3 Å². The number of carbonyl (C=O) groups excluding carboxylic acids is 2. The lowest BCUT2D eigenvalue weighted by molar-refractivity contribution is -0.129. The van der Waals surface area contributed by atoms with Crippen molar-refractivity contribution in [3.8, 4) is 34.5 Å². The van der Waals surface area contributed by atoms with Crippen molar-refractivity contribution in [1.29, 1.82) is 0 Å². The number of carbonyl (C=O) groups is 2. The smallest absolute Gasteiger partial charge is 0.249 e. The Labute approximate surface area is 202 Å². The van der Waals surface area contributed by atoms with Crippen molar-refractivity contribution in [2.75, 3.05) is 42.7 Å². The van der Waals surface area contributed by atoms with E-state index in [9.17, 15) is 9.59 Å². The van der Waals surface area contributed by atoms with Gasteiger partial charge in [0.25, 0.3) is 0 Å². The third-order valence-corrected chi connectivity index (χ3v) is 4.58. The Hall–Kier alpha value is -4.48. The van der Waals surface area contributed by atoms with Crippen LogP contribution >= 0.6 is 0 Å². The molecule has 12 nitrogen and oxygen atoms in total. The number of ether oxygens (including phenoxy) is 6. The van der Waals surface area contributed by atoms with Gasteiger partial charge in [-0.2, -0.15) is 10.2 Å². The molecule has 0 aliphatic heterocycles. The predicted molar refractivity (Wildman–Crippen MR) is 128 cm³/mol. The van der Waals surface area contributed by atoms with Gasteiger partial charge in [0.2, 0.25) is 11.8 Å². The average molecular weight is 488 g/mol. The molecule has 12 heteroatoms. The highest BCUT2D eigenvalue weighted by molar-refractivity contribution is 5.97. The fraction of sp³-hybridized carbons (Fsp3) is 0.304. The van der Waals surface area contributed by atoms with Gasteiger partial charge in [0.1, 0.15) is 17.9 Å². The molecule has 0 saturated heterocycles. The Kier molecular flexibility index (Phi) is 10.2. The van der Waals surface area contributed by atoms with Gasteiger partial charge in [-0.15, -0.1) is 0 Å². The van der Waals surface area contributed by atoms with Gasteiger partial charge in [0.15, 0.2) is 23.0 Å². The maximum atomic E-state index is 12.0. The molecule has 0 heterocycles. The zero-order valence-electron chi connectivity index (χ0n) is 20.3. The Morgan fingerprint density at radius 2 is 0.914 bits per heavy atom. The van der Waals surface area contributed by atoms with Crippen molar-refractivity contribution in [3.05, 3.63) is 35.4 Å². The van der Waals surface area contributed by atoms with E-state index >= 15 is 0 Å². The zero-order chi connectivity index (χ0) is 25.8. The minimum absolute atomic E-state index is 0.457. The first-order valence-electron chi connectivity index (χ1n) is 10.1. The molecule has 0 radical (unpaired) electrons. The van der Waals surface area contributed by atoms with Crippen LogP contribution < -0.4 is 39.3 Å². The molecular formula is C23H28N4O8. The lowest BCUT2D eigenvalue weighted by atomic mass is 10.2. The molecule has 0 aliphatic carbocycles. The van der Waals surface area contributed by atoms with Gasteiger partial charge in [-0.05, 0) is 12.1 Å². The summed E-state index contributed by atoms with van der Waals surface area (Å²) in [4.78, 5) is 24.1. The maximum absolute atomic E-state index is 12.0. The van der Waals surface area contributed by atoms with Crippen LogP contribution in [0.4, 0.5) is 0 Å². The number of hydrazone groups is 2. The van der Waals surface area contributed by atoms with E-state index in [-0.39, 0.29) is 0 Å². The van der Waals surface area contributed by atoms with Crippen molar-refractivity contribution in [1.82, 2.24) is 10.9 Å². The van der Waals surface area contributed by atoms with Crippen LogP contribution in [0.2, 0.25) is 0 Å². The zero-order valence-corrected chi connectivity index (χ0v) is 20.3. The molecule has 2 aromatic carbocycles. The molecule has 2 aromatic rings. The molecule has 35 heavy (non-hydrogen) atoms. The number of amides is 2. The number of rotatable bonds is 12. The first-order valence-corrected chi connectivity index (χ1v) is 10.1. The van der Waals surface area contributed by atoms with Crippen LogP contribution in [0.5, 0.6) is 34.5 Å². The Morgan fingerprint density at radius 3 is 1.23 bits per heavy atom. The van der Waals surface area contributed by atoms with Gasteiger partial charge in [-0.3, -0.25) is 9.59 Å². The minimum Gasteiger partial charge on any atom is -0.496 e. The van der Waals surface area contributed by atoms with Crippen LogP contribution in [0.25, 0.3) is 0 Å². The number of nitrogens with one attached hydrogen (secondary N) is 2. The highest BCUT2D eigenvalue weighted by atomic mass is 16.5. The van der Waals surface area contributed by atoms with Crippen molar-refractivity contribution >= 4 is 24.2 Å². The quantitative estimate of drug-likeness (QED) is 0.262. The standard InChI is InChI=1S/C23H28N4O8/c1-30-16-9-20(34-5)18(32-3)7-14(16)12-24-26-22(28)11-23(29)27-25-13-15-8-19(33-4)21(35-6)10-17(15)31-2/h7-10,12-13H,11H2,1-6H3,(H,26,28)(H,27,29)/b24-12+,25-13+. The molecule has 0 unspecified atom stereocenters. The molecule has 0 atom stereocenters. The van der Waals surface area contributed by atoms with Crippen LogP contribution in [0.1, 0.15) is 17.5 Å².